The van der Waals surface area contributed by atoms with Crippen LogP contribution in [0.4, 0.5) is 5.69 Å². The van der Waals surface area contributed by atoms with Crippen molar-refractivity contribution in [3.05, 3.63) is 81.3 Å². The van der Waals surface area contributed by atoms with E-state index in [1.807, 2.05) is 0 Å². The Morgan fingerprint density at radius 1 is 1.07 bits per heavy atom. The molecule has 43 heavy (non-hydrogen) atoms. The number of aliphatic hydroxyl groups excluding tert-OH is 2. The van der Waals surface area contributed by atoms with Crippen molar-refractivity contribution < 1.29 is 43.2 Å². The van der Waals surface area contributed by atoms with Crippen LogP contribution in [-0.2, 0) is 26.0 Å². The maximum atomic E-state index is 13.8. The van der Waals surface area contributed by atoms with Crippen molar-refractivity contribution in [3.8, 4) is 17.6 Å². The lowest BCUT2D eigenvalue weighted by molar-refractivity contribution is -0.148. The molecule has 0 bridgehead atoms. The Labute approximate surface area is 247 Å². The maximum Gasteiger partial charge on any atom is 0.255 e. The number of primary amides is 1. The summed E-state index contributed by atoms with van der Waals surface area (Å²) in [5.74, 6) is -1.26. The standard InChI is InChI=1S/C30H29N3O9S/c1-33(2)24-19-13-16-12-18-15(7-4-14-5-9-17(10-6-14)32-43(3,41)42)8-11-20(34)22(18)25(35)21(16)27(37)30(19,40)28(38)23(26(24)36)29(31)39/h5-6,8-11,16,19,24,32,34,36-37,40H,12-13H2,1-3H3,(H2,31,39)/t16-,19+,24-,30+/m1/s1. The SMILES string of the molecule is CN(C)[C@H]1C(O)=C(C(N)=O)C(=O)[C@@]2(O)C(O)=C3C(=O)c4c(O)ccc(C#Cc5ccc(NS(C)(=O)=O)cc5)c4C[C@@H]3C[C@@H]12. The van der Waals surface area contributed by atoms with Crippen molar-refractivity contribution in [2.24, 2.45) is 17.6 Å². The molecule has 0 saturated carbocycles. The van der Waals surface area contributed by atoms with Crippen LogP contribution in [0, 0.1) is 23.7 Å². The van der Waals surface area contributed by atoms with Gasteiger partial charge in [-0.1, -0.05) is 11.8 Å². The van der Waals surface area contributed by atoms with Gasteiger partial charge in [-0.15, -0.1) is 0 Å². The van der Waals surface area contributed by atoms with Crippen LogP contribution >= 0.6 is 0 Å². The molecule has 7 N–H and O–H groups in total. The summed E-state index contributed by atoms with van der Waals surface area (Å²) in [4.78, 5) is 40.8. The van der Waals surface area contributed by atoms with E-state index in [1.54, 1.807) is 44.4 Å². The summed E-state index contributed by atoms with van der Waals surface area (Å²) in [6, 6.07) is 8.05. The summed E-state index contributed by atoms with van der Waals surface area (Å²) in [7, 11) is -0.331. The highest BCUT2D eigenvalue weighted by Crippen LogP contribution is 2.52. The Morgan fingerprint density at radius 3 is 2.30 bits per heavy atom. The summed E-state index contributed by atoms with van der Waals surface area (Å²) in [6.45, 7) is 0. The Hall–Kier alpha value is -4.64. The number of anilines is 1. The lowest BCUT2D eigenvalue weighted by Crippen LogP contribution is -2.63. The number of fused-ring (bicyclic) bond motifs is 3. The van der Waals surface area contributed by atoms with Gasteiger partial charge in [-0.25, -0.2) is 8.42 Å². The summed E-state index contributed by atoms with van der Waals surface area (Å²) >= 11 is 0. The van der Waals surface area contributed by atoms with E-state index in [1.165, 1.54) is 11.0 Å². The molecule has 0 radical (unpaired) electrons. The van der Waals surface area contributed by atoms with Crippen molar-refractivity contribution in [1.29, 1.82) is 0 Å². The number of benzene rings is 2. The number of nitrogens with zero attached hydrogens (tertiary/aromatic N) is 1. The highest BCUT2D eigenvalue weighted by Gasteiger charge is 2.63. The van der Waals surface area contributed by atoms with E-state index in [9.17, 15) is 43.2 Å². The Bertz CT molecular complexity index is 1830. The molecule has 1 amide bonds. The van der Waals surface area contributed by atoms with Crippen molar-refractivity contribution in [3.63, 3.8) is 0 Å². The van der Waals surface area contributed by atoms with Crippen molar-refractivity contribution in [2.75, 3.05) is 25.1 Å². The zero-order chi connectivity index (χ0) is 31.6. The number of sulfonamides is 1. The number of allylic oxidation sites excluding steroid dienone is 1. The molecule has 224 valence electrons. The molecule has 12 nitrogen and oxygen atoms in total. The zero-order valence-corrected chi connectivity index (χ0v) is 24.2. The number of carbonyl (C=O) groups excluding carboxylic acids is 3. The predicted octanol–water partition coefficient (Wildman–Crippen LogP) is 0.892. The van der Waals surface area contributed by atoms with Gasteiger partial charge in [-0.2, -0.15) is 0 Å². The van der Waals surface area contributed by atoms with Gasteiger partial charge in [-0.3, -0.25) is 24.0 Å². The average molecular weight is 608 g/mol. The summed E-state index contributed by atoms with van der Waals surface area (Å²) in [6.07, 6.45) is 1.10. The molecular formula is C30H29N3O9S. The molecule has 0 saturated heterocycles. The number of ketones is 2. The minimum Gasteiger partial charge on any atom is -0.510 e. The normalized spacial score (nSPS) is 25.0. The van der Waals surface area contributed by atoms with Crippen molar-refractivity contribution >= 4 is 33.2 Å². The first-order valence-corrected chi connectivity index (χ1v) is 15.0. The molecule has 13 heteroatoms. The first-order chi connectivity index (χ1) is 20.1. The van der Waals surface area contributed by atoms with Gasteiger partial charge in [0.05, 0.1) is 17.9 Å². The van der Waals surface area contributed by atoms with Crippen LogP contribution < -0.4 is 10.5 Å². The molecule has 0 aliphatic heterocycles. The number of Topliss-reactive ketones (excluding diaryl/α,β-unsaturated/α-hetero) is 2. The number of carbonyl (C=O) groups is 3. The van der Waals surface area contributed by atoms with E-state index < -0.39 is 68.1 Å². The minimum absolute atomic E-state index is 0.0386. The van der Waals surface area contributed by atoms with Crippen molar-refractivity contribution in [1.82, 2.24) is 4.90 Å². The number of hydrogen-bond acceptors (Lipinski definition) is 10. The number of phenols is 1. The molecule has 0 heterocycles. The first kappa shape index (κ1) is 29.8. The number of amides is 1. The quantitative estimate of drug-likeness (QED) is 0.214. The van der Waals surface area contributed by atoms with Crippen LogP contribution in [0.1, 0.15) is 33.5 Å². The fourth-order valence-electron chi connectivity index (χ4n) is 6.34. The number of nitrogens with two attached hydrogens (primary N) is 1. The van der Waals surface area contributed by atoms with Crippen LogP contribution in [0.25, 0.3) is 0 Å². The molecule has 0 fully saturated rings. The third-order valence-electron chi connectivity index (χ3n) is 8.14. The third kappa shape index (κ3) is 4.83. The van der Waals surface area contributed by atoms with Gasteiger partial charge in [0.15, 0.2) is 11.4 Å². The first-order valence-electron chi connectivity index (χ1n) is 13.2. The van der Waals surface area contributed by atoms with E-state index in [0.717, 1.165) is 6.26 Å². The van der Waals surface area contributed by atoms with Crippen LogP contribution in [0.2, 0.25) is 0 Å². The third-order valence-corrected chi connectivity index (χ3v) is 8.74. The number of hydrogen-bond donors (Lipinski definition) is 6. The fourth-order valence-corrected chi connectivity index (χ4v) is 6.91. The maximum absolute atomic E-state index is 13.8. The summed E-state index contributed by atoms with van der Waals surface area (Å²) in [5.41, 5.74) is 3.11. The summed E-state index contributed by atoms with van der Waals surface area (Å²) in [5, 5.41) is 44.6. The Kier molecular flexibility index (Phi) is 7.12. The van der Waals surface area contributed by atoms with E-state index in [-0.39, 0.29) is 29.7 Å². The van der Waals surface area contributed by atoms with E-state index in [4.69, 9.17) is 5.73 Å². The molecule has 0 aromatic heterocycles. The molecular weight excluding hydrogens is 578 g/mol. The van der Waals surface area contributed by atoms with Gasteiger partial charge >= 0.3 is 0 Å². The number of nitrogens with one attached hydrogen (secondary N) is 1. The second kappa shape index (κ2) is 10.3. The summed E-state index contributed by atoms with van der Waals surface area (Å²) < 4.78 is 25.3. The van der Waals surface area contributed by atoms with Gasteiger partial charge in [0.1, 0.15) is 22.8 Å². The molecule has 4 atom stereocenters. The molecule has 2 aromatic rings. The lowest BCUT2D eigenvalue weighted by atomic mass is 9.58. The molecule has 3 aliphatic carbocycles. The highest BCUT2D eigenvalue weighted by molar-refractivity contribution is 7.92. The van der Waals surface area contributed by atoms with Crippen LogP contribution in [0.15, 0.2) is 59.1 Å². The van der Waals surface area contributed by atoms with Crippen LogP contribution in [0.3, 0.4) is 0 Å². The fraction of sp³-hybridized carbons (Fsp3) is 0.300. The second-order valence-electron chi connectivity index (χ2n) is 11.2. The molecule has 3 aliphatic rings. The monoisotopic (exact) mass is 607 g/mol. The van der Waals surface area contributed by atoms with Gasteiger partial charge in [-0.05, 0) is 74.8 Å². The van der Waals surface area contributed by atoms with E-state index >= 15 is 0 Å². The number of likely N-dealkylation sites (N-methyl/N-ethyl adjacent to an activating group) is 1. The topological polar surface area (TPSA) is 208 Å². The van der Waals surface area contributed by atoms with Crippen LogP contribution in [0.5, 0.6) is 5.75 Å². The smallest absolute Gasteiger partial charge is 0.255 e. The van der Waals surface area contributed by atoms with Gasteiger partial charge in [0.2, 0.25) is 15.8 Å². The molecule has 0 spiro atoms. The number of aromatic hydroxyl groups is 1. The van der Waals surface area contributed by atoms with E-state index in [2.05, 4.69) is 16.6 Å². The van der Waals surface area contributed by atoms with Crippen LogP contribution in [-0.4, -0.2) is 83.2 Å². The molecule has 5 rings (SSSR count). The van der Waals surface area contributed by atoms with Gasteiger partial charge < -0.3 is 26.2 Å². The average Bonchev–Trinajstić information content (AvgIpc) is 2.90. The Balaban J connectivity index is 1.59. The second-order valence-corrected chi connectivity index (χ2v) is 12.9. The van der Waals surface area contributed by atoms with E-state index in [0.29, 0.717) is 22.4 Å². The largest absolute Gasteiger partial charge is 0.510 e. The zero-order valence-electron chi connectivity index (χ0n) is 23.4. The minimum atomic E-state index is -3.45. The number of rotatable bonds is 4. The highest BCUT2D eigenvalue weighted by atomic mass is 32.2. The Morgan fingerprint density at radius 2 is 1.72 bits per heavy atom. The molecule has 2 aromatic carbocycles. The predicted molar refractivity (Wildman–Crippen MR) is 155 cm³/mol. The molecule has 0 unspecified atom stereocenters. The van der Waals surface area contributed by atoms with Gasteiger partial charge in [0.25, 0.3) is 5.91 Å². The number of aliphatic hydroxyl groups is 3. The van der Waals surface area contributed by atoms with Crippen molar-refractivity contribution in [2.45, 2.75) is 24.5 Å². The van der Waals surface area contributed by atoms with Gasteiger partial charge in [0, 0.05) is 28.3 Å². The lowest BCUT2D eigenvalue weighted by Gasteiger charge is -2.50. The number of phenolic OH excluding ortho intramolecular Hbond substituents is 1.